The summed E-state index contributed by atoms with van der Waals surface area (Å²) in [4.78, 5) is 0. The lowest BCUT2D eigenvalue weighted by molar-refractivity contribution is -0.890. The normalized spacial score (nSPS) is 12.6. The van der Waals surface area contributed by atoms with Crippen LogP contribution in [0.25, 0.3) is 0 Å². The predicted molar refractivity (Wildman–Crippen MR) is 82.3 cm³/mol. The molecule has 0 amide bonds. The summed E-state index contributed by atoms with van der Waals surface area (Å²) in [5.41, 5.74) is 1.36. The van der Waals surface area contributed by atoms with Crippen molar-refractivity contribution in [3.05, 3.63) is 35.9 Å². The molecule has 0 aliphatic rings. The molecule has 114 valence electrons. The van der Waals surface area contributed by atoms with Crippen LogP contribution >= 0.6 is 0 Å². The first-order chi connectivity index (χ1) is 9.29. The zero-order chi connectivity index (χ0) is 15.1. The van der Waals surface area contributed by atoms with Crippen molar-refractivity contribution in [1.29, 1.82) is 0 Å². The maximum absolute atomic E-state index is 10.6. The lowest BCUT2D eigenvalue weighted by Gasteiger charge is -2.29. The van der Waals surface area contributed by atoms with Crippen LogP contribution in [0.15, 0.2) is 30.3 Å². The Morgan fingerprint density at radius 3 is 2.20 bits per heavy atom. The molecule has 1 rings (SSSR count). The Kier molecular flexibility index (Phi) is 6.65. The molecule has 0 spiro atoms. The van der Waals surface area contributed by atoms with Gasteiger partial charge in [0.05, 0.1) is 32.9 Å². The predicted octanol–water partition coefficient (Wildman–Crippen LogP) is 2.36. The SMILES string of the molecule is C[N+](C)(CCCCS(=O)(=O)O)CCCc1ccccc1. The summed E-state index contributed by atoms with van der Waals surface area (Å²) in [5.74, 6) is -0.128. The Hall–Kier alpha value is -0.910. The fourth-order valence-corrected chi connectivity index (χ4v) is 2.86. The first kappa shape index (κ1) is 17.1. The minimum absolute atomic E-state index is 0.128. The number of hydrogen-bond acceptors (Lipinski definition) is 2. The van der Waals surface area contributed by atoms with E-state index in [-0.39, 0.29) is 5.75 Å². The van der Waals surface area contributed by atoms with Gasteiger partial charge in [-0.3, -0.25) is 4.55 Å². The van der Waals surface area contributed by atoms with Crippen molar-refractivity contribution in [1.82, 2.24) is 0 Å². The minimum atomic E-state index is -3.80. The largest absolute Gasteiger partial charge is 0.328 e. The van der Waals surface area contributed by atoms with Crippen molar-refractivity contribution in [2.75, 3.05) is 32.9 Å². The standard InChI is InChI=1S/C15H25NO3S/c1-16(2,12-6-7-14-20(17,18)19)13-8-11-15-9-4-3-5-10-15/h3-5,9-10H,6-8,11-14H2,1-2H3/p+1. The number of unbranched alkanes of at least 4 members (excludes halogenated alkanes) is 1. The van der Waals surface area contributed by atoms with Gasteiger partial charge >= 0.3 is 0 Å². The van der Waals surface area contributed by atoms with Gasteiger partial charge in [-0.1, -0.05) is 30.3 Å². The van der Waals surface area contributed by atoms with Crippen molar-refractivity contribution in [3.63, 3.8) is 0 Å². The first-order valence-electron chi connectivity index (χ1n) is 7.10. The van der Waals surface area contributed by atoms with Crippen molar-refractivity contribution >= 4 is 10.1 Å². The molecule has 5 heteroatoms. The third-order valence-corrected chi connectivity index (χ3v) is 4.29. The fraction of sp³-hybridized carbons (Fsp3) is 0.600. The Labute approximate surface area is 122 Å². The van der Waals surface area contributed by atoms with Gasteiger partial charge in [0.25, 0.3) is 10.1 Å². The molecule has 0 radical (unpaired) electrons. The van der Waals surface area contributed by atoms with E-state index in [0.717, 1.165) is 36.8 Å². The number of quaternary nitrogens is 1. The molecule has 1 N–H and O–H groups in total. The van der Waals surface area contributed by atoms with E-state index in [1.54, 1.807) is 0 Å². The topological polar surface area (TPSA) is 54.4 Å². The second kappa shape index (κ2) is 7.76. The van der Waals surface area contributed by atoms with Gasteiger partial charge in [-0.15, -0.1) is 0 Å². The number of aryl methyl sites for hydroxylation is 1. The molecule has 0 heterocycles. The zero-order valence-corrected chi connectivity index (χ0v) is 13.3. The van der Waals surface area contributed by atoms with E-state index in [1.165, 1.54) is 5.56 Å². The van der Waals surface area contributed by atoms with Crippen LogP contribution in [-0.4, -0.2) is 50.4 Å². The minimum Gasteiger partial charge on any atom is -0.328 e. The molecular formula is C15H26NO3S+. The summed E-state index contributed by atoms with van der Waals surface area (Å²) in [7, 11) is 0.528. The quantitative estimate of drug-likeness (QED) is 0.433. The molecule has 0 saturated heterocycles. The average Bonchev–Trinajstić information content (AvgIpc) is 2.35. The number of rotatable bonds is 9. The second-order valence-corrected chi connectivity index (χ2v) is 7.54. The Balaban J connectivity index is 2.21. The van der Waals surface area contributed by atoms with Crippen LogP contribution in [0.2, 0.25) is 0 Å². The highest BCUT2D eigenvalue weighted by Crippen LogP contribution is 2.08. The van der Waals surface area contributed by atoms with E-state index in [2.05, 4.69) is 38.4 Å². The molecule has 0 aromatic heterocycles. The molecule has 1 aromatic rings. The van der Waals surface area contributed by atoms with Gasteiger partial charge in [0.15, 0.2) is 0 Å². The van der Waals surface area contributed by atoms with E-state index in [0.29, 0.717) is 6.42 Å². The van der Waals surface area contributed by atoms with Crippen LogP contribution in [0.4, 0.5) is 0 Å². The van der Waals surface area contributed by atoms with E-state index in [9.17, 15) is 8.42 Å². The highest BCUT2D eigenvalue weighted by molar-refractivity contribution is 7.85. The lowest BCUT2D eigenvalue weighted by Crippen LogP contribution is -2.41. The van der Waals surface area contributed by atoms with Gasteiger partial charge < -0.3 is 4.48 Å². The van der Waals surface area contributed by atoms with Crippen LogP contribution in [-0.2, 0) is 16.5 Å². The molecular weight excluding hydrogens is 274 g/mol. The molecule has 0 aliphatic heterocycles. The zero-order valence-electron chi connectivity index (χ0n) is 12.5. The van der Waals surface area contributed by atoms with Gasteiger partial charge in [0, 0.05) is 6.42 Å². The van der Waals surface area contributed by atoms with Crippen LogP contribution in [0, 0.1) is 0 Å². The van der Waals surface area contributed by atoms with Crippen LogP contribution in [0.1, 0.15) is 24.8 Å². The van der Waals surface area contributed by atoms with Crippen LogP contribution in [0.3, 0.4) is 0 Å². The molecule has 0 unspecified atom stereocenters. The van der Waals surface area contributed by atoms with Gasteiger partial charge in [0.1, 0.15) is 0 Å². The van der Waals surface area contributed by atoms with Crippen LogP contribution < -0.4 is 0 Å². The summed E-state index contributed by atoms with van der Waals surface area (Å²) in [5, 5.41) is 0. The molecule has 0 fully saturated rings. The molecule has 0 bridgehead atoms. The fourth-order valence-electron chi connectivity index (χ4n) is 2.29. The molecule has 4 nitrogen and oxygen atoms in total. The van der Waals surface area contributed by atoms with E-state index in [1.807, 2.05) is 6.07 Å². The van der Waals surface area contributed by atoms with Crippen LogP contribution in [0.5, 0.6) is 0 Å². The number of nitrogens with zero attached hydrogens (tertiary/aromatic N) is 1. The van der Waals surface area contributed by atoms with Crippen molar-refractivity contribution in [3.8, 4) is 0 Å². The molecule has 0 aliphatic carbocycles. The number of hydrogen-bond donors (Lipinski definition) is 1. The van der Waals surface area contributed by atoms with Gasteiger partial charge in [-0.2, -0.15) is 8.42 Å². The smallest absolute Gasteiger partial charge is 0.264 e. The third-order valence-electron chi connectivity index (χ3n) is 3.49. The lowest BCUT2D eigenvalue weighted by atomic mass is 10.1. The summed E-state index contributed by atoms with van der Waals surface area (Å²) in [6.45, 7) is 2.01. The van der Waals surface area contributed by atoms with Crippen molar-refractivity contribution < 1.29 is 17.5 Å². The van der Waals surface area contributed by atoms with Crippen molar-refractivity contribution in [2.45, 2.75) is 25.7 Å². The van der Waals surface area contributed by atoms with E-state index >= 15 is 0 Å². The first-order valence-corrected chi connectivity index (χ1v) is 8.70. The van der Waals surface area contributed by atoms with Crippen molar-refractivity contribution in [2.24, 2.45) is 0 Å². The maximum Gasteiger partial charge on any atom is 0.264 e. The Morgan fingerprint density at radius 1 is 1.00 bits per heavy atom. The van der Waals surface area contributed by atoms with Gasteiger partial charge in [-0.05, 0) is 24.8 Å². The maximum atomic E-state index is 10.6. The summed E-state index contributed by atoms with van der Waals surface area (Å²) >= 11 is 0. The monoisotopic (exact) mass is 300 g/mol. The van der Waals surface area contributed by atoms with E-state index in [4.69, 9.17) is 4.55 Å². The highest BCUT2D eigenvalue weighted by Gasteiger charge is 2.15. The molecule has 20 heavy (non-hydrogen) atoms. The average molecular weight is 300 g/mol. The van der Waals surface area contributed by atoms with E-state index < -0.39 is 10.1 Å². The third kappa shape index (κ3) is 8.30. The Morgan fingerprint density at radius 2 is 1.60 bits per heavy atom. The van der Waals surface area contributed by atoms with Gasteiger partial charge in [0.2, 0.25) is 0 Å². The van der Waals surface area contributed by atoms with Gasteiger partial charge in [-0.25, -0.2) is 0 Å². The summed E-state index contributed by atoms with van der Waals surface area (Å²) in [6, 6.07) is 10.4. The molecule has 1 aromatic carbocycles. The molecule has 0 saturated carbocycles. The summed E-state index contributed by atoms with van der Waals surface area (Å²) in [6.07, 6.45) is 3.54. The number of benzene rings is 1. The Bertz CT molecular complexity index is 483. The second-order valence-electron chi connectivity index (χ2n) is 5.97. The highest BCUT2D eigenvalue weighted by atomic mass is 32.2. The molecule has 0 atom stereocenters. The summed E-state index contributed by atoms with van der Waals surface area (Å²) < 4.78 is 30.8.